The SMILES string of the molecule is CS(=O)(=O)NC(=O)c1cc(NC(=O)c2ccccc2-c2ccccc2)ccc1C(=O)N1CCCC(O)c2cc(Cl)ccc21. The van der Waals surface area contributed by atoms with Gasteiger partial charge in [-0.3, -0.25) is 14.4 Å². The lowest BCUT2D eigenvalue weighted by Crippen LogP contribution is -2.35. The zero-order chi connectivity index (χ0) is 30.7. The standard InChI is InChI=1S/C32H28ClN3O6S/c1-43(41,42)35-31(39)26-19-22(34-30(38)24-11-6-5-10-23(24)20-8-3-2-4-9-20)14-15-25(26)32(40)36-17-7-12-29(37)27-18-21(33)13-16-28(27)36/h2-6,8-11,13-16,18-19,29,37H,7,12,17H2,1H3,(H,34,38)(H,35,39). The number of aliphatic hydroxyl groups is 1. The Hall–Kier alpha value is -4.51. The number of anilines is 2. The van der Waals surface area contributed by atoms with Crippen molar-refractivity contribution in [2.45, 2.75) is 18.9 Å². The first kappa shape index (κ1) is 30.0. The maximum Gasteiger partial charge on any atom is 0.265 e. The van der Waals surface area contributed by atoms with Gasteiger partial charge in [-0.25, -0.2) is 13.1 Å². The third-order valence-electron chi connectivity index (χ3n) is 7.03. The summed E-state index contributed by atoms with van der Waals surface area (Å²) in [6, 6.07) is 25.3. The fourth-order valence-corrected chi connectivity index (χ4v) is 5.71. The van der Waals surface area contributed by atoms with Crippen LogP contribution in [0.25, 0.3) is 11.1 Å². The van der Waals surface area contributed by atoms with Gasteiger partial charge in [0.1, 0.15) is 0 Å². The summed E-state index contributed by atoms with van der Waals surface area (Å²) >= 11 is 6.16. The van der Waals surface area contributed by atoms with E-state index in [2.05, 4.69) is 5.32 Å². The van der Waals surface area contributed by atoms with Crippen molar-refractivity contribution in [2.75, 3.05) is 23.0 Å². The summed E-state index contributed by atoms with van der Waals surface area (Å²) in [6.45, 7) is 0.242. The number of aliphatic hydroxyl groups excluding tert-OH is 1. The third kappa shape index (κ3) is 6.77. The average molecular weight is 618 g/mol. The second kappa shape index (κ2) is 12.4. The topological polar surface area (TPSA) is 133 Å². The van der Waals surface area contributed by atoms with Crippen molar-refractivity contribution in [3.05, 3.63) is 118 Å². The fourth-order valence-electron chi connectivity index (χ4n) is 5.08. The highest BCUT2D eigenvalue weighted by molar-refractivity contribution is 7.89. The summed E-state index contributed by atoms with van der Waals surface area (Å²) in [4.78, 5) is 42.0. The van der Waals surface area contributed by atoms with Crippen molar-refractivity contribution < 1.29 is 27.9 Å². The average Bonchev–Trinajstić information content (AvgIpc) is 3.14. The quantitative estimate of drug-likeness (QED) is 0.265. The lowest BCUT2D eigenvalue weighted by Gasteiger charge is -2.25. The molecule has 1 atom stereocenters. The number of carbonyl (C=O) groups excluding carboxylic acids is 3. The molecule has 4 aromatic carbocycles. The third-order valence-corrected chi connectivity index (χ3v) is 7.82. The van der Waals surface area contributed by atoms with Gasteiger partial charge >= 0.3 is 0 Å². The van der Waals surface area contributed by atoms with Crippen LogP contribution in [0.1, 0.15) is 55.6 Å². The van der Waals surface area contributed by atoms with E-state index in [4.69, 9.17) is 11.6 Å². The minimum atomic E-state index is -3.98. The number of fused-ring (bicyclic) bond motifs is 1. The largest absolute Gasteiger partial charge is 0.388 e. The molecule has 4 aromatic rings. The van der Waals surface area contributed by atoms with Crippen molar-refractivity contribution in [2.24, 2.45) is 0 Å². The molecule has 0 aliphatic carbocycles. The monoisotopic (exact) mass is 617 g/mol. The Balaban J connectivity index is 1.52. The van der Waals surface area contributed by atoms with Gasteiger partial charge < -0.3 is 15.3 Å². The van der Waals surface area contributed by atoms with Gasteiger partial charge in [-0.2, -0.15) is 0 Å². The number of hydrogen-bond donors (Lipinski definition) is 3. The zero-order valence-electron chi connectivity index (χ0n) is 23.1. The second-order valence-electron chi connectivity index (χ2n) is 10.1. The molecule has 1 unspecified atom stereocenters. The summed E-state index contributed by atoms with van der Waals surface area (Å²) in [5, 5.41) is 13.8. The lowest BCUT2D eigenvalue weighted by molar-refractivity contribution is 0.0950. The highest BCUT2D eigenvalue weighted by atomic mass is 35.5. The Bertz CT molecular complexity index is 1830. The van der Waals surface area contributed by atoms with E-state index in [1.54, 1.807) is 30.3 Å². The minimum absolute atomic E-state index is 0.0823. The molecule has 220 valence electrons. The number of hydrogen-bond acceptors (Lipinski definition) is 6. The van der Waals surface area contributed by atoms with Gasteiger partial charge in [0.2, 0.25) is 10.0 Å². The summed E-state index contributed by atoms with van der Waals surface area (Å²) < 4.78 is 25.8. The van der Waals surface area contributed by atoms with Crippen LogP contribution >= 0.6 is 11.6 Å². The molecule has 3 amide bonds. The predicted octanol–water partition coefficient (Wildman–Crippen LogP) is 5.42. The van der Waals surface area contributed by atoms with Crippen molar-refractivity contribution in [3.63, 3.8) is 0 Å². The molecule has 0 aromatic heterocycles. The minimum Gasteiger partial charge on any atom is -0.388 e. The molecule has 0 saturated heterocycles. The van der Waals surface area contributed by atoms with Crippen LogP contribution in [0.2, 0.25) is 5.02 Å². The summed E-state index contributed by atoms with van der Waals surface area (Å²) in [5.41, 5.74) is 2.68. The normalized spacial score (nSPS) is 14.8. The molecule has 0 saturated carbocycles. The molecule has 0 fully saturated rings. The van der Waals surface area contributed by atoms with E-state index in [0.717, 1.165) is 11.8 Å². The van der Waals surface area contributed by atoms with Crippen molar-refractivity contribution in [1.29, 1.82) is 0 Å². The van der Waals surface area contributed by atoms with Gasteiger partial charge in [-0.1, -0.05) is 60.1 Å². The first-order valence-corrected chi connectivity index (χ1v) is 15.7. The van der Waals surface area contributed by atoms with Gasteiger partial charge in [-0.05, 0) is 66.4 Å². The van der Waals surface area contributed by atoms with E-state index in [1.807, 2.05) is 47.2 Å². The zero-order valence-corrected chi connectivity index (χ0v) is 24.7. The number of nitrogens with zero attached hydrogens (tertiary/aromatic N) is 1. The summed E-state index contributed by atoms with van der Waals surface area (Å²) in [7, 11) is -3.98. The van der Waals surface area contributed by atoms with Crippen LogP contribution in [0.3, 0.4) is 0 Å². The number of benzene rings is 4. The molecule has 1 heterocycles. The molecule has 0 spiro atoms. The lowest BCUT2D eigenvalue weighted by atomic mass is 9.99. The van der Waals surface area contributed by atoms with Crippen LogP contribution in [0.4, 0.5) is 11.4 Å². The molecule has 1 aliphatic rings. The van der Waals surface area contributed by atoms with Crippen LogP contribution in [0.5, 0.6) is 0 Å². The second-order valence-corrected chi connectivity index (χ2v) is 12.3. The van der Waals surface area contributed by atoms with Gasteiger partial charge in [0, 0.05) is 34.1 Å². The first-order valence-electron chi connectivity index (χ1n) is 13.4. The predicted molar refractivity (Wildman–Crippen MR) is 166 cm³/mol. The van der Waals surface area contributed by atoms with Crippen molar-refractivity contribution in [1.82, 2.24) is 4.72 Å². The number of carbonyl (C=O) groups is 3. The van der Waals surface area contributed by atoms with Crippen LogP contribution in [0.15, 0.2) is 91.0 Å². The molecule has 3 N–H and O–H groups in total. The molecule has 11 heteroatoms. The first-order chi connectivity index (χ1) is 20.5. The molecule has 0 radical (unpaired) electrons. The van der Waals surface area contributed by atoms with E-state index >= 15 is 0 Å². The maximum atomic E-state index is 13.9. The van der Waals surface area contributed by atoms with E-state index in [9.17, 15) is 27.9 Å². The number of nitrogens with one attached hydrogen (secondary N) is 2. The molecule has 9 nitrogen and oxygen atoms in total. The van der Waals surface area contributed by atoms with Crippen LogP contribution in [-0.2, 0) is 10.0 Å². The highest BCUT2D eigenvalue weighted by Gasteiger charge is 2.30. The Morgan fingerprint density at radius 1 is 0.860 bits per heavy atom. The number of sulfonamides is 1. The van der Waals surface area contributed by atoms with Crippen LogP contribution < -0.4 is 14.9 Å². The number of rotatable bonds is 6. The Morgan fingerprint density at radius 3 is 2.33 bits per heavy atom. The fraction of sp³-hybridized carbons (Fsp3) is 0.156. The summed E-state index contributed by atoms with van der Waals surface area (Å²) in [6.07, 6.45) is 0.859. The Morgan fingerprint density at radius 2 is 1.58 bits per heavy atom. The summed E-state index contributed by atoms with van der Waals surface area (Å²) in [5.74, 6) is -2.07. The van der Waals surface area contributed by atoms with Crippen LogP contribution in [0, 0.1) is 0 Å². The molecule has 1 aliphatic heterocycles. The van der Waals surface area contributed by atoms with E-state index in [-0.39, 0.29) is 23.4 Å². The van der Waals surface area contributed by atoms with Gasteiger partial charge in [0.05, 0.1) is 23.5 Å². The van der Waals surface area contributed by atoms with Crippen molar-refractivity contribution in [3.8, 4) is 11.1 Å². The van der Waals surface area contributed by atoms with Crippen molar-refractivity contribution >= 4 is 50.7 Å². The van der Waals surface area contributed by atoms with Gasteiger partial charge in [0.25, 0.3) is 17.7 Å². The smallest absolute Gasteiger partial charge is 0.265 e. The molecule has 5 rings (SSSR count). The van der Waals surface area contributed by atoms with Gasteiger partial charge in [-0.15, -0.1) is 0 Å². The Labute approximate surface area is 254 Å². The van der Waals surface area contributed by atoms with Gasteiger partial charge in [0.15, 0.2) is 0 Å². The molecule has 43 heavy (non-hydrogen) atoms. The maximum absolute atomic E-state index is 13.9. The van der Waals surface area contributed by atoms with E-state index < -0.39 is 33.8 Å². The number of halogens is 1. The molecular formula is C32H28ClN3O6S. The van der Waals surface area contributed by atoms with Crippen LogP contribution in [-0.4, -0.2) is 44.0 Å². The molecule has 0 bridgehead atoms. The van der Waals surface area contributed by atoms with E-state index in [1.165, 1.54) is 23.1 Å². The van der Waals surface area contributed by atoms with E-state index in [0.29, 0.717) is 40.2 Å². The number of amides is 3. The molecular weight excluding hydrogens is 590 g/mol. The highest BCUT2D eigenvalue weighted by Crippen LogP contribution is 2.36. The Kier molecular flexibility index (Phi) is 8.63.